The highest BCUT2D eigenvalue weighted by Gasteiger charge is 2.07. The number of aryl methyl sites for hydroxylation is 1. The van der Waals surface area contributed by atoms with Crippen molar-refractivity contribution in [2.24, 2.45) is 5.73 Å². The Balaban J connectivity index is 2.90. The summed E-state index contributed by atoms with van der Waals surface area (Å²) in [5, 5.41) is 5.44. The Kier molecular flexibility index (Phi) is 4.02. The van der Waals surface area contributed by atoms with Gasteiger partial charge in [-0.2, -0.15) is 0 Å². The second-order valence-corrected chi connectivity index (χ2v) is 3.47. The minimum atomic E-state index is -0.510. The molecule has 0 saturated carbocycles. The molecule has 1 aromatic carbocycles. The van der Waals surface area contributed by atoms with Crippen molar-refractivity contribution in [2.75, 3.05) is 18.9 Å². The summed E-state index contributed by atoms with van der Waals surface area (Å²) in [5.41, 5.74) is 7.03. The molecule has 0 radical (unpaired) electrons. The van der Waals surface area contributed by atoms with Gasteiger partial charge in [0.1, 0.15) is 0 Å². The Bertz CT molecular complexity index is 416. The van der Waals surface area contributed by atoms with Crippen LogP contribution in [0, 0.1) is 6.92 Å². The minimum Gasteiger partial charge on any atom is -0.366 e. The average molecular weight is 221 g/mol. The molecule has 1 rings (SSSR count). The van der Waals surface area contributed by atoms with E-state index in [1.165, 1.54) is 0 Å². The summed E-state index contributed by atoms with van der Waals surface area (Å²) in [4.78, 5) is 22.3. The average Bonchev–Trinajstić information content (AvgIpc) is 2.21. The van der Waals surface area contributed by atoms with E-state index in [1.807, 2.05) is 6.92 Å². The van der Waals surface area contributed by atoms with E-state index in [0.29, 0.717) is 11.3 Å². The van der Waals surface area contributed by atoms with Crippen molar-refractivity contribution < 1.29 is 9.59 Å². The number of carbonyl (C=O) groups excluding carboxylic acids is 2. The molecule has 86 valence electrons. The lowest BCUT2D eigenvalue weighted by Gasteiger charge is -2.09. The number of anilines is 1. The van der Waals surface area contributed by atoms with Gasteiger partial charge >= 0.3 is 0 Å². The molecule has 0 aliphatic rings. The summed E-state index contributed by atoms with van der Waals surface area (Å²) in [6, 6.07) is 4.95. The summed E-state index contributed by atoms with van der Waals surface area (Å²) in [6.07, 6.45) is 0. The van der Waals surface area contributed by atoms with Gasteiger partial charge in [0, 0.05) is 11.3 Å². The van der Waals surface area contributed by atoms with Gasteiger partial charge in [0.2, 0.25) is 11.8 Å². The Morgan fingerprint density at radius 2 is 2.06 bits per heavy atom. The highest BCUT2D eigenvalue weighted by atomic mass is 16.2. The summed E-state index contributed by atoms with van der Waals surface area (Å²) >= 11 is 0. The van der Waals surface area contributed by atoms with Crippen LogP contribution in [-0.2, 0) is 4.79 Å². The van der Waals surface area contributed by atoms with Gasteiger partial charge in [-0.3, -0.25) is 9.59 Å². The topological polar surface area (TPSA) is 84.2 Å². The molecular formula is C11H15N3O2. The number of nitrogens with two attached hydrogens (primary N) is 1. The summed E-state index contributed by atoms with van der Waals surface area (Å²) < 4.78 is 0. The van der Waals surface area contributed by atoms with Crippen LogP contribution in [0.2, 0.25) is 0 Å². The largest absolute Gasteiger partial charge is 0.366 e. The Hall–Kier alpha value is -1.88. The molecule has 5 nitrogen and oxygen atoms in total. The monoisotopic (exact) mass is 221 g/mol. The summed E-state index contributed by atoms with van der Waals surface area (Å²) in [5.74, 6) is -0.670. The maximum absolute atomic E-state index is 11.4. The highest BCUT2D eigenvalue weighted by Crippen LogP contribution is 2.16. The third-order valence-electron chi connectivity index (χ3n) is 2.13. The molecule has 1 aromatic rings. The number of likely N-dealkylation sites (N-methyl/N-ethyl adjacent to an activating group) is 1. The summed E-state index contributed by atoms with van der Waals surface area (Å²) in [7, 11) is 1.69. The molecule has 0 bridgehead atoms. The van der Waals surface area contributed by atoms with Crippen molar-refractivity contribution in [3.05, 3.63) is 29.3 Å². The fourth-order valence-electron chi connectivity index (χ4n) is 1.26. The van der Waals surface area contributed by atoms with E-state index in [-0.39, 0.29) is 12.5 Å². The van der Waals surface area contributed by atoms with E-state index < -0.39 is 5.91 Å². The SMILES string of the molecule is CNCC(=O)Nc1cc(C(N)=O)ccc1C. The number of primary amides is 1. The second-order valence-electron chi connectivity index (χ2n) is 3.47. The van der Waals surface area contributed by atoms with Crippen molar-refractivity contribution in [1.29, 1.82) is 0 Å². The van der Waals surface area contributed by atoms with E-state index >= 15 is 0 Å². The zero-order chi connectivity index (χ0) is 12.1. The smallest absolute Gasteiger partial charge is 0.248 e. The van der Waals surface area contributed by atoms with E-state index in [0.717, 1.165) is 5.56 Å². The number of hydrogen-bond acceptors (Lipinski definition) is 3. The molecule has 0 heterocycles. The lowest BCUT2D eigenvalue weighted by Crippen LogP contribution is -2.25. The van der Waals surface area contributed by atoms with Crippen LogP contribution in [0.3, 0.4) is 0 Å². The molecule has 4 N–H and O–H groups in total. The number of hydrogen-bond donors (Lipinski definition) is 3. The molecule has 16 heavy (non-hydrogen) atoms. The molecule has 0 spiro atoms. The zero-order valence-electron chi connectivity index (χ0n) is 9.33. The predicted molar refractivity (Wildman–Crippen MR) is 62.3 cm³/mol. The van der Waals surface area contributed by atoms with Gasteiger partial charge < -0.3 is 16.4 Å². The molecule has 0 unspecified atom stereocenters. The third-order valence-corrected chi connectivity index (χ3v) is 2.13. The molecule has 0 aliphatic heterocycles. The van der Waals surface area contributed by atoms with E-state index in [1.54, 1.807) is 25.2 Å². The van der Waals surface area contributed by atoms with Crippen LogP contribution in [0.5, 0.6) is 0 Å². The fourth-order valence-corrected chi connectivity index (χ4v) is 1.26. The van der Waals surface area contributed by atoms with Crippen LogP contribution in [0.25, 0.3) is 0 Å². The number of rotatable bonds is 4. The summed E-state index contributed by atoms with van der Waals surface area (Å²) in [6.45, 7) is 2.07. The van der Waals surface area contributed by atoms with Crippen LogP contribution in [0.4, 0.5) is 5.69 Å². The van der Waals surface area contributed by atoms with Gasteiger partial charge in [0.15, 0.2) is 0 Å². The highest BCUT2D eigenvalue weighted by molar-refractivity contribution is 5.97. The maximum atomic E-state index is 11.4. The van der Waals surface area contributed by atoms with Gasteiger partial charge in [-0.05, 0) is 31.7 Å². The van der Waals surface area contributed by atoms with Crippen LogP contribution < -0.4 is 16.4 Å². The molecule has 0 aliphatic carbocycles. The Morgan fingerprint density at radius 3 is 2.62 bits per heavy atom. The van der Waals surface area contributed by atoms with E-state index in [4.69, 9.17) is 5.73 Å². The lowest BCUT2D eigenvalue weighted by atomic mass is 10.1. The molecule has 0 aromatic heterocycles. The normalized spacial score (nSPS) is 9.88. The first-order valence-electron chi connectivity index (χ1n) is 4.89. The van der Waals surface area contributed by atoms with Crippen LogP contribution in [0.1, 0.15) is 15.9 Å². The zero-order valence-corrected chi connectivity index (χ0v) is 9.33. The number of amides is 2. The van der Waals surface area contributed by atoms with Gasteiger partial charge in [-0.25, -0.2) is 0 Å². The van der Waals surface area contributed by atoms with Gasteiger partial charge in [-0.1, -0.05) is 6.07 Å². The van der Waals surface area contributed by atoms with E-state index in [9.17, 15) is 9.59 Å². The van der Waals surface area contributed by atoms with Crippen molar-refractivity contribution in [2.45, 2.75) is 6.92 Å². The lowest BCUT2D eigenvalue weighted by molar-refractivity contribution is -0.115. The first-order valence-corrected chi connectivity index (χ1v) is 4.89. The van der Waals surface area contributed by atoms with Crippen LogP contribution in [-0.4, -0.2) is 25.4 Å². The van der Waals surface area contributed by atoms with E-state index in [2.05, 4.69) is 10.6 Å². The molecule has 5 heteroatoms. The fraction of sp³-hybridized carbons (Fsp3) is 0.273. The van der Waals surface area contributed by atoms with Gasteiger partial charge in [-0.15, -0.1) is 0 Å². The van der Waals surface area contributed by atoms with Crippen molar-refractivity contribution in [1.82, 2.24) is 5.32 Å². The van der Waals surface area contributed by atoms with Crippen molar-refractivity contribution in [3.8, 4) is 0 Å². The second kappa shape index (κ2) is 5.27. The van der Waals surface area contributed by atoms with Gasteiger partial charge in [0.25, 0.3) is 0 Å². The quantitative estimate of drug-likeness (QED) is 0.681. The number of benzene rings is 1. The van der Waals surface area contributed by atoms with Crippen molar-refractivity contribution >= 4 is 17.5 Å². The van der Waals surface area contributed by atoms with Crippen LogP contribution in [0.15, 0.2) is 18.2 Å². The standard InChI is InChI=1S/C11H15N3O2/c1-7-3-4-8(11(12)16)5-9(7)14-10(15)6-13-2/h3-5,13H,6H2,1-2H3,(H2,12,16)(H,14,15). The molecular weight excluding hydrogens is 206 g/mol. The Morgan fingerprint density at radius 1 is 1.38 bits per heavy atom. The molecule has 0 saturated heterocycles. The number of carbonyl (C=O) groups is 2. The molecule has 2 amide bonds. The van der Waals surface area contributed by atoms with Gasteiger partial charge in [0.05, 0.1) is 6.54 Å². The molecule has 0 atom stereocenters. The first-order chi connectivity index (χ1) is 7.54. The predicted octanol–water partition coefficient (Wildman–Crippen LogP) is 0.252. The first kappa shape index (κ1) is 12.2. The maximum Gasteiger partial charge on any atom is 0.248 e. The minimum absolute atomic E-state index is 0.160. The molecule has 0 fully saturated rings. The van der Waals surface area contributed by atoms with Crippen molar-refractivity contribution in [3.63, 3.8) is 0 Å². The number of nitrogens with one attached hydrogen (secondary N) is 2. The Labute approximate surface area is 94.0 Å². The third kappa shape index (κ3) is 3.06. The van der Waals surface area contributed by atoms with Crippen LogP contribution >= 0.6 is 0 Å².